The fraction of sp³-hybridized carbons (Fsp3) is 0.805. The first kappa shape index (κ1) is 38.5. The van der Waals surface area contributed by atoms with E-state index in [2.05, 4.69) is 33.4 Å². The Balaban J connectivity index is 0.879. The predicted octanol–water partition coefficient (Wildman–Crippen LogP) is 6.27. The minimum Gasteiger partial charge on any atom is -0.377 e. The molecule has 5 heterocycles. The van der Waals surface area contributed by atoms with Gasteiger partial charge in [-0.05, 0) is 93.6 Å². The van der Waals surface area contributed by atoms with Gasteiger partial charge >= 0.3 is 5.96 Å². The van der Waals surface area contributed by atoms with Gasteiger partial charge in [-0.3, -0.25) is 9.37 Å². The van der Waals surface area contributed by atoms with Crippen molar-refractivity contribution in [3.63, 3.8) is 0 Å². The van der Waals surface area contributed by atoms with Crippen molar-refractivity contribution in [1.29, 1.82) is 0 Å². The number of nitrogens with two attached hydrogens (primary N) is 2. The summed E-state index contributed by atoms with van der Waals surface area (Å²) in [4.78, 5) is 14.7. The zero-order valence-corrected chi connectivity index (χ0v) is 31.6. The van der Waals surface area contributed by atoms with Crippen LogP contribution in [0.15, 0.2) is 18.2 Å². The first-order valence-corrected chi connectivity index (χ1v) is 20.9. The molecule has 0 radical (unpaired) electrons. The second-order valence-corrected chi connectivity index (χ2v) is 16.0. The third-order valence-electron chi connectivity index (χ3n) is 12.1. The van der Waals surface area contributed by atoms with Crippen molar-refractivity contribution in [1.82, 2.24) is 15.5 Å². The number of rotatable bonds is 21. The number of carbonyl (C=O) groups excluding carboxylic acids is 1. The minimum absolute atomic E-state index is 0.289. The maximum atomic E-state index is 12.7. The molecule has 1 amide bonds. The molecule has 2 spiro atoms. The van der Waals surface area contributed by atoms with Crippen molar-refractivity contribution in [2.75, 3.05) is 46.0 Å². The summed E-state index contributed by atoms with van der Waals surface area (Å²) in [5.41, 5.74) is 14.9. The molecule has 6 N–H and O–H groups in total. The number of ether oxygens (including phenoxy) is 3. The highest BCUT2D eigenvalue weighted by atomic mass is 16.5. The molecular weight excluding hydrogens is 640 g/mol. The quantitative estimate of drug-likeness (QED) is 0.0870. The molecule has 0 bridgehead atoms. The number of nitrogens with zero attached hydrogens (tertiary/aromatic N) is 2. The molecule has 286 valence electrons. The Kier molecular flexibility index (Phi) is 14.5. The average molecular weight is 710 g/mol. The monoisotopic (exact) mass is 710 g/mol. The predicted molar refractivity (Wildman–Crippen MR) is 202 cm³/mol. The van der Waals surface area contributed by atoms with E-state index in [1.807, 2.05) is 4.90 Å². The van der Waals surface area contributed by atoms with Crippen molar-refractivity contribution >= 4 is 11.9 Å². The number of hydrogen-bond acceptors (Lipinski definition) is 8. The Morgan fingerprint density at radius 2 is 1.37 bits per heavy atom. The van der Waals surface area contributed by atoms with E-state index in [1.165, 1.54) is 68.1 Å². The van der Waals surface area contributed by atoms with Gasteiger partial charge in [0.25, 0.3) is 0 Å². The zero-order chi connectivity index (χ0) is 35.4. The van der Waals surface area contributed by atoms with Crippen molar-refractivity contribution in [3.05, 3.63) is 34.9 Å². The Hall–Kier alpha value is -2.24. The highest BCUT2D eigenvalue weighted by molar-refractivity contribution is 5.78. The van der Waals surface area contributed by atoms with Crippen LogP contribution < -0.4 is 22.1 Å². The summed E-state index contributed by atoms with van der Waals surface area (Å²) in [7, 11) is 0. The van der Waals surface area contributed by atoms with Gasteiger partial charge in [0.1, 0.15) is 12.1 Å². The molecule has 6 rings (SSSR count). The smallest absolute Gasteiger partial charge is 0.351 e. The number of fused-ring (bicyclic) bond motifs is 3. The van der Waals surface area contributed by atoms with E-state index in [4.69, 9.17) is 25.7 Å². The molecule has 1 aromatic rings. The van der Waals surface area contributed by atoms with Gasteiger partial charge < -0.3 is 30.6 Å². The van der Waals surface area contributed by atoms with Gasteiger partial charge in [0.05, 0.1) is 19.8 Å². The van der Waals surface area contributed by atoms with Gasteiger partial charge in [-0.25, -0.2) is 10.6 Å². The molecule has 1 aromatic carbocycles. The maximum Gasteiger partial charge on any atom is 0.351 e. The van der Waals surface area contributed by atoms with Gasteiger partial charge in [-0.2, -0.15) is 0 Å². The van der Waals surface area contributed by atoms with Crippen LogP contribution in [0.3, 0.4) is 0 Å². The molecule has 0 saturated carbocycles. The molecule has 2 saturated heterocycles. The molecule has 5 aliphatic rings. The van der Waals surface area contributed by atoms with E-state index in [1.54, 1.807) is 0 Å². The van der Waals surface area contributed by atoms with Crippen LogP contribution >= 0.6 is 0 Å². The number of hydrogen-bond donors (Lipinski definition) is 4. The summed E-state index contributed by atoms with van der Waals surface area (Å²) >= 11 is 0. The number of guanidine groups is 1. The fourth-order valence-corrected chi connectivity index (χ4v) is 9.25. The molecule has 4 atom stereocenters. The second-order valence-electron chi connectivity index (χ2n) is 16.0. The number of carbonyl (C=O) groups is 1. The topological polar surface area (TPSA) is 127 Å². The van der Waals surface area contributed by atoms with E-state index in [9.17, 15) is 4.79 Å². The van der Waals surface area contributed by atoms with E-state index in [-0.39, 0.29) is 17.4 Å². The van der Waals surface area contributed by atoms with Gasteiger partial charge in [-0.1, -0.05) is 57.1 Å². The standard InChI is InChI=1S/C41H68N6O4/c42-22-11-12-24-46(25-16-23-43)38(48)17-8-6-4-2-1-3-5-7-13-26-49-32-33-18-19-34-35(29-33)37-31-41(21-10-15-28-51-41)45-39-44-40(20-9-14-27-50-40)30-36(34)47(37)39/h18-19,29,36-37H,1-17,20-28,30-32,42-43H2,(H,44,45)/p+1/t36-,37+,40+,41-/m1/s1. The van der Waals surface area contributed by atoms with Crippen molar-refractivity contribution in [3.8, 4) is 0 Å². The van der Waals surface area contributed by atoms with Crippen LogP contribution in [0.2, 0.25) is 0 Å². The minimum atomic E-state index is -0.300. The van der Waals surface area contributed by atoms with Gasteiger partial charge in [0, 0.05) is 51.8 Å². The molecule has 51 heavy (non-hydrogen) atoms. The lowest BCUT2D eigenvalue weighted by Gasteiger charge is -2.47. The number of nitrogens with one attached hydrogen (secondary N) is 2. The highest BCUT2D eigenvalue weighted by Gasteiger charge is 2.58. The lowest BCUT2D eigenvalue weighted by Crippen LogP contribution is -2.70. The second kappa shape index (κ2) is 19.2. The summed E-state index contributed by atoms with van der Waals surface area (Å²) in [6.07, 6.45) is 23.1. The Bertz CT molecular complexity index is 1270. The fourth-order valence-electron chi connectivity index (χ4n) is 9.25. The molecule has 5 aliphatic heterocycles. The maximum absolute atomic E-state index is 12.7. The third-order valence-corrected chi connectivity index (χ3v) is 12.1. The first-order chi connectivity index (χ1) is 25.1. The lowest BCUT2D eigenvalue weighted by molar-refractivity contribution is -0.626. The molecule has 10 heteroatoms. The van der Waals surface area contributed by atoms with Gasteiger partial charge in [0.2, 0.25) is 5.91 Å². The summed E-state index contributed by atoms with van der Waals surface area (Å²) in [5.74, 6) is 1.40. The molecule has 0 aliphatic carbocycles. The largest absolute Gasteiger partial charge is 0.377 e. The number of amides is 1. The number of unbranched alkanes of at least 4 members (excludes halogenated alkanes) is 9. The summed E-state index contributed by atoms with van der Waals surface area (Å²) in [6, 6.07) is 7.75. The third kappa shape index (κ3) is 10.0. The van der Waals surface area contributed by atoms with Crippen molar-refractivity contribution in [2.45, 2.75) is 165 Å². The van der Waals surface area contributed by atoms with Gasteiger partial charge in [0.15, 0.2) is 11.4 Å². The molecule has 0 aromatic heterocycles. The zero-order valence-electron chi connectivity index (χ0n) is 31.6. The summed E-state index contributed by atoms with van der Waals surface area (Å²) < 4.78 is 21.9. The Morgan fingerprint density at radius 3 is 2.00 bits per heavy atom. The van der Waals surface area contributed by atoms with Crippen molar-refractivity contribution < 1.29 is 23.6 Å². The van der Waals surface area contributed by atoms with Crippen LogP contribution in [0.25, 0.3) is 0 Å². The average Bonchev–Trinajstić information content (AvgIpc) is 3.44. The highest BCUT2D eigenvalue weighted by Crippen LogP contribution is 2.51. The van der Waals surface area contributed by atoms with E-state index >= 15 is 0 Å². The van der Waals surface area contributed by atoms with Crippen LogP contribution in [-0.2, 0) is 25.6 Å². The summed E-state index contributed by atoms with van der Waals surface area (Å²) in [5, 5.41) is 7.75. The Labute approximate surface area is 307 Å². The molecular formula is C41H69N6O4+. The van der Waals surface area contributed by atoms with Crippen molar-refractivity contribution in [2.24, 2.45) is 11.5 Å². The molecule has 0 unspecified atom stereocenters. The molecule has 2 fully saturated rings. The van der Waals surface area contributed by atoms with Crippen LogP contribution in [0.1, 0.15) is 164 Å². The molecule has 10 nitrogen and oxygen atoms in total. The first-order valence-electron chi connectivity index (χ1n) is 20.9. The van der Waals surface area contributed by atoms with Crippen LogP contribution in [0.5, 0.6) is 0 Å². The van der Waals surface area contributed by atoms with Crippen LogP contribution in [0, 0.1) is 0 Å². The number of benzene rings is 1. The van der Waals surface area contributed by atoms with E-state index < -0.39 is 0 Å². The van der Waals surface area contributed by atoms with Crippen LogP contribution in [0.4, 0.5) is 0 Å². The Morgan fingerprint density at radius 1 is 0.765 bits per heavy atom. The normalized spacial score (nSPS) is 26.5. The van der Waals surface area contributed by atoms with Gasteiger partial charge in [-0.15, -0.1) is 0 Å². The van der Waals surface area contributed by atoms with Crippen LogP contribution in [-0.4, -0.2) is 78.8 Å². The van der Waals surface area contributed by atoms with E-state index in [0.29, 0.717) is 38.2 Å². The summed E-state index contributed by atoms with van der Waals surface area (Å²) in [6.45, 7) is 6.07. The van der Waals surface area contributed by atoms with E-state index in [0.717, 1.165) is 116 Å². The SMILES string of the molecule is NCCCCN(CCCN)C(=O)CCCCCCCCCCCOCc1ccc2c(c1)[C@@H]1C[C@]3(CCCCO3)NC3=[N+]1[C@@H]2C[C@@]1(CCCCO1)N3. The lowest BCUT2D eigenvalue weighted by atomic mass is 9.89.